The number of hydrogen-bond acceptors (Lipinski definition) is 2. The first kappa shape index (κ1) is 16.8. The number of halogens is 3. The second-order valence-electron chi connectivity index (χ2n) is 5.33. The number of hydrogen-bond donors (Lipinski definition) is 1. The van der Waals surface area contributed by atoms with Gasteiger partial charge in [-0.3, -0.25) is 0 Å². The Labute approximate surface area is 118 Å². The summed E-state index contributed by atoms with van der Waals surface area (Å²) in [6.45, 7) is 7.55. The van der Waals surface area contributed by atoms with Crippen LogP contribution in [0.2, 0.25) is 0 Å². The SMILES string of the molecule is CCC(N)C(Oc1ccc(C(C)C)c(C)c1)C(F)(F)F. The minimum Gasteiger partial charge on any atom is -0.479 e. The summed E-state index contributed by atoms with van der Waals surface area (Å²) < 4.78 is 43.9. The van der Waals surface area contributed by atoms with Gasteiger partial charge in [0.15, 0.2) is 0 Å². The van der Waals surface area contributed by atoms with Gasteiger partial charge < -0.3 is 10.5 Å². The van der Waals surface area contributed by atoms with Gasteiger partial charge in [-0.15, -0.1) is 0 Å². The van der Waals surface area contributed by atoms with Gasteiger partial charge in [0.05, 0.1) is 6.04 Å². The molecule has 0 aliphatic heterocycles. The molecular weight excluding hydrogens is 267 g/mol. The van der Waals surface area contributed by atoms with Crippen LogP contribution in [0.3, 0.4) is 0 Å². The van der Waals surface area contributed by atoms with E-state index in [-0.39, 0.29) is 12.2 Å². The van der Waals surface area contributed by atoms with Gasteiger partial charge in [0.2, 0.25) is 6.10 Å². The Morgan fingerprint density at radius 1 is 1.25 bits per heavy atom. The molecule has 0 radical (unpaired) electrons. The number of alkyl halides is 3. The molecule has 0 heterocycles. The van der Waals surface area contributed by atoms with Crippen molar-refractivity contribution in [2.75, 3.05) is 0 Å². The van der Waals surface area contributed by atoms with Gasteiger partial charge in [-0.05, 0) is 42.5 Å². The summed E-state index contributed by atoms with van der Waals surface area (Å²) in [4.78, 5) is 0. The smallest absolute Gasteiger partial charge is 0.426 e. The highest BCUT2D eigenvalue weighted by molar-refractivity contribution is 5.36. The second-order valence-corrected chi connectivity index (χ2v) is 5.33. The van der Waals surface area contributed by atoms with Crippen LogP contribution in [0.25, 0.3) is 0 Å². The Balaban J connectivity index is 2.98. The highest BCUT2D eigenvalue weighted by Gasteiger charge is 2.45. The Hall–Kier alpha value is -1.23. The van der Waals surface area contributed by atoms with E-state index in [1.54, 1.807) is 25.1 Å². The molecule has 0 fully saturated rings. The normalized spacial score (nSPS) is 15.2. The van der Waals surface area contributed by atoms with Crippen LogP contribution in [0.5, 0.6) is 5.75 Å². The molecule has 0 amide bonds. The lowest BCUT2D eigenvalue weighted by molar-refractivity contribution is -0.200. The van der Waals surface area contributed by atoms with Crippen molar-refractivity contribution in [2.24, 2.45) is 5.73 Å². The molecule has 0 spiro atoms. The topological polar surface area (TPSA) is 35.2 Å². The molecule has 0 bridgehead atoms. The van der Waals surface area contributed by atoms with Crippen LogP contribution in [-0.2, 0) is 0 Å². The van der Waals surface area contributed by atoms with Gasteiger partial charge in [-0.2, -0.15) is 13.2 Å². The first-order valence-corrected chi connectivity index (χ1v) is 6.76. The highest BCUT2D eigenvalue weighted by Crippen LogP contribution is 2.30. The van der Waals surface area contributed by atoms with Crippen molar-refractivity contribution < 1.29 is 17.9 Å². The number of ether oxygens (including phenoxy) is 1. The number of benzene rings is 1. The van der Waals surface area contributed by atoms with Gasteiger partial charge in [-0.1, -0.05) is 26.8 Å². The monoisotopic (exact) mass is 289 g/mol. The first-order chi connectivity index (χ1) is 9.16. The molecule has 5 heteroatoms. The van der Waals surface area contributed by atoms with E-state index in [9.17, 15) is 13.2 Å². The van der Waals surface area contributed by atoms with Crippen LogP contribution in [0, 0.1) is 6.92 Å². The van der Waals surface area contributed by atoms with Gasteiger partial charge in [0.25, 0.3) is 0 Å². The Kier molecular flexibility index (Phi) is 5.45. The molecule has 2 atom stereocenters. The minimum absolute atomic E-state index is 0.202. The fourth-order valence-corrected chi connectivity index (χ4v) is 2.13. The number of aryl methyl sites for hydroxylation is 1. The molecule has 114 valence electrons. The van der Waals surface area contributed by atoms with Gasteiger partial charge in [0, 0.05) is 0 Å². The van der Waals surface area contributed by atoms with Crippen molar-refractivity contribution in [1.29, 1.82) is 0 Å². The van der Waals surface area contributed by atoms with E-state index in [4.69, 9.17) is 10.5 Å². The molecule has 0 aromatic heterocycles. The largest absolute Gasteiger partial charge is 0.479 e. The van der Waals surface area contributed by atoms with Crippen molar-refractivity contribution in [3.63, 3.8) is 0 Å². The van der Waals surface area contributed by atoms with Crippen LogP contribution in [0.4, 0.5) is 13.2 Å². The Morgan fingerprint density at radius 3 is 2.25 bits per heavy atom. The van der Waals surface area contributed by atoms with E-state index in [0.29, 0.717) is 5.92 Å². The zero-order valence-corrected chi connectivity index (χ0v) is 12.3. The molecular formula is C15H22F3NO. The zero-order valence-electron chi connectivity index (χ0n) is 12.3. The van der Waals surface area contributed by atoms with E-state index < -0.39 is 18.3 Å². The predicted molar refractivity (Wildman–Crippen MR) is 74.0 cm³/mol. The van der Waals surface area contributed by atoms with Crippen LogP contribution in [-0.4, -0.2) is 18.3 Å². The van der Waals surface area contributed by atoms with E-state index in [1.165, 1.54) is 0 Å². The Bertz CT molecular complexity index is 443. The fraction of sp³-hybridized carbons (Fsp3) is 0.600. The molecule has 2 unspecified atom stereocenters. The molecule has 1 aromatic rings. The van der Waals surface area contributed by atoms with Crippen molar-refractivity contribution in [3.05, 3.63) is 29.3 Å². The lowest BCUT2D eigenvalue weighted by Gasteiger charge is -2.26. The average Bonchev–Trinajstić information content (AvgIpc) is 2.33. The first-order valence-electron chi connectivity index (χ1n) is 6.76. The van der Waals surface area contributed by atoms with E-state index >= 15 is 0 Å². The molecule has 1 rings (SSSR count). The maximum absolute atomic E-state index is 12.9. The van der Waals surface area contributed by atoms with Gasteiger partial charge in [-0.25, -0.2) is 0 Å². The second kappa shape index (κ2) is 6.48. The van der Waals surface area contributed by atoms with Gasteiger partial charge >= 0.3 is 6.18 Å². The highest BCUT2D eigenvalue weighted by atomic mass is 19.4. The van der Waals surface area contributed by atoms with Crippen LogP contribution >= 0.6 is 0 Å². The summed E-state index contributed by atoms with van der Waals surface area (Å²) >= 11 is 0. The quantitative estimate of drug-likeness (QED) is 0.883. The van der Waals surface area contributed by atoms with E-state index in [0.717, 1.165) is 11.1 Å². The summed E-state index contributed by atoms with van der Waals surface area (Å²) in [6.07, 6.45) is -6.25. The molecule has 1 aromatic carbocycles. The molecule has 0 aliphatic rings. The summed E-state index contributed by atoms with van der Waals surface area (Å²) in [5.74, 6) is 0.526. The number of rotatable bonds is 5. The van der Waals surface area contributed by atoms with Crippen LogP contribution in [0.15, 0.2) is 18.2 Å². The molecule has 0 aliphatic carbocycles. The molecule has 2 N–H and O–H groups in total. The fourth-order valence-electron chi connectivity index (χ4n) is 2.13. The molecule has 2 nitrogen and oxygen atoms in total. The van der Waals surface area contributed by atoms with E-state index in [2.05, 4.69) is 0 Å². The van der Waals surface area contributed by atoms with E-state index in [1.807, 2.05) is 20.8 Å². The third-order valence-electron chi connectivity index (χ3n) is 3.31. The molecule has 0 saturated heterocycles. The predicted octanol–water partition coefficient (Wildman–Crippen LogP) is 4.17. The maximum Gasteiger partial charge on any atom is 0.426 e. The molecule has 0 saturated carbocycles. The lowest BCUT2D eigenvalue weighted by atomic mass is 9.98. The van der Waals surface area contributed by atoms with Crippen molar-refractivity contribution in [2.45, 2.75) is 58.4 Å². The zero-order chi connectivity index (χ0) is 15.5. The summed E-state index contributed by atoms with van der Waals surface area (Å²) in [5, 5.41) is 0. The summed E-state index contributed by atoms with van der Waals surface area (Å²) in [6, 6.07) is 3.94. The van der Waals surface area contributed by atoms with Crippen molar-refractivity contribution in [3.8, 4) is 5.75 Å². The average molecular weight is 289 g/mol. The van der Waals surface area contributed by atoms with Gasteiger partial charge in [0.1, 0.15) is 5.75 Å². The Morgan fingerprint density at radius 2 is 1.85 bits per heavy atom. The third kappa shape index (κ3) is 4.13. The minimum atomic E-state index is -4.47. The standard InChI is InChI=1S/C15H22F3NO/c1-5-13(19)14(15(16,17)18)20-11-6-7-12(9(2)3)10(4)8-11/h6-9,13-14H,5,19H2,1-4H3. The van der Waals surface area contributed by atoms with Crippen LogP contribution < -0.4 is 10.5 Å². The van der Waals surface area contributed by atoms with Crippen molar-refractivity contribution in [1.82, 2.24) is 0 Å². The lowest BCUT2D eigenvalue weighted by Crippen LogP contribution is -2.48. The molecule has 20 heavy (non-hydrogen) atoms. The number of nitrogens with two attached hydrogens (primary N) is 1. The third-order valence-corrected chi connectivity index (χ3v) is 3.31. The van der Waals surface area contributed by atoms with Crippen molar-refractivity contribution >= 4 is 0 Å². The van der Waals surface area contributed by atoms with Crippen LogP contribution in [0.1, 0.15) is 44.2 Å². The summed E-state index contributed by atoms with van der Waals surface area (Å²) in [5.41, 5.74) is 7.54. The summed E-state index contributed by atoms with van der Waals surface area (Å²) in [7, 11) is 0. The maximum atomic E-state index is 12.9.